The minimum absolute atomic E-state index is 0.0841. The minimum atomic E-state index is -0.0841. The van der Waals surface area contributed by atoms with E-state index in [9.17, 15) is 4.79 Å². The lowest BCUT2D eigenvalue weighted by molar-refractivity contribution is -0.103. The number of benzene rings is 1. The monoisotopic (exact) mass is 434 g/mol. The lowest BCUT2D eigenvalue weighted by atomic mass is 10.0. The van der Waals surface area contributed by atoms with Crippen LogP contribution in [0.15, 0.2) is 48.8 Å². The van der Waals surface area contributed by atoms with Crippen LogP contribution in [0.2, 0.25) is 0 Å². The van der Waals surface area contributed by atoms with Crippen LogP contribution in [-0.4, -0.2) is 47.2 Å². The first-order valence-corrected chi connectivity index (χ1v) is 10.8. The molecule has 1 aromatic carbocycles. The van der Waals surface area contributed by atoms with Crippen molar-refractivity contribution in [1.82, 2.24) is 14.9 Å². The zero-order valence-electron chi connectivity index (χ0n) is 17.2. The van der Waals surface area contributed by atoms with Crippen LogP contribution in [0, 0.1) is 0 Å². The molecule has 3 aromatic rings. The zero-order chi connectivity index (χ0) is 21.8. The maximum Gasteiger partial charge on any atom is 0.282 e. The molecule has 0 saturated heterocycles. The summed E-state index contributed by atoms with van der Waals surface area (Å²) < 4.78 is 5.95. The molecule has 1 aliphatic rings. The Bertz CT molecular complexity index is 1140. The number of hydrogen-bond donors (Lipinski definition) is 2. The summed E-state index contributed by atoms with van der Waals surface area (Å²) in [7, 11) is 1.80. The number of nitrogens with two attached hydrogens (primary N) is 2. The van der Waals surface area contributed by atoms with E-state index in [4.69, 9.17) is 20.9 Å². The smallest absolute Gasteiger partial charge is 0.282 e. The molecule has 4 rings (SSSR count). The first-order chi connectivity index (χ1) is 15.1. The Labute approximate surface area is 184 Å². The third-order valence-corrected chi connectivity index (χ3v) is 6.28. The number of hydrogen-bond acceptors (Lipinski definition) is 6. The first-order valence-electron chi connectivity index (χ1n) is 10.00. The molecule has 31 heavy (non-hydrogen) atoms. The van der Waals surface area contributed by atoms with E-state index < -0.39 is 0 Å². The van der Waals surface area contributed by atoms with Crippen molar-refractivity contribution in [2.75, 3.05) is 20.2 Å². The van der Waals surface area contributed by atoms with Crippen molar-refractivity contribution >= 4 is 29.0 Å². The Hall–Kier alpha value is -3.52. The Kier molecular flexibility index (Phi) is 6.08. The third-order valence-electron chi connectivity index (χ3n) is 5.17. The number of carbonyl (C=O) groups excluding carboxylic acids is 1. The van der Waals surface area contributed by atoms with Crippen LogP contribution in [0.5, 0.6) is 5.75 Å². The van der Waals surface area contributed by atoms with Gasteiger partial charge in [-0.25, -0.2) is 4.98 Å². The summed E-state index contributed by atoms with van der Waals surface area (Å²) in [6.07, 6.45) is 6.08. The molecule has 158 valence electrons. The van der Waals surface area contributed by atoms with Gasteiger partial charge in [0.25, 0.3) is 5.91 Å². The number of allylic oxidation sites excluding steroid dienone is 1. The van der Waals surface area contributed by atoms with Crippen LogP contribution >= 0.6 is 11.3 Å². The molecule has 1 aliphatic heterocycles. The van der Waals surface area contributed by atoms with Crippen LogP contribution in [0.25, 0.3) is 16.8 Å². The molecule has 4 N–H and O–H groups in total. The molecular formula is C23H24N5O2S+. The van der Waals surface area contributed by atoms with Gasteiger partial charge in [-0.15, -0.1) is 11.3 Å². The van der Waals surface area contributed by atoms with Gasteiger partial charge in [-0.3, -0.25) is 15.2 Å². The van der Waals surface area contributed by atoms with E-state index >= 15 is 0 Å². The van der Waals surface area contributed by atoms with Crippen molar-refractivity contribution in [3.05, 3.63) is 69.9 Å². The molecule has 1 amide bonds. The van der Waals surface area contributed by atoms with Gasteiger partial charge < -0.3 is 15.4 Å². The van der Waals surface area contributed by atoms with E-state index in [1.165, 1.54) is 23.8 Å². The van der Waals surface area contributed by atoms with Gasteiger partial charge in [-0.2, -0.15) is 0 Å². The fraction of sp³-hybridized carbons (Fsp3) is 0.217. The molecule has 0 fully saturated rings. The predicted octanol–water partition coefficient (Wildman–Crippen LogP) is 1.58. The Morgan fingerprint density at radius 2 is 2.23 bits per heavy atom. The van der Waals surface area contributed by atoms with Crippen LogP contribution in [-0.2, 0) is 12.8 Å². The second-order valence-corrected chi connectivity index (χ2v) is 8.27. The molecule has 8 heteroatoms. The summed E-state index contributed by atoms with van der Waals surface area (Å²) in [6, 6.07) is 11.6. The van der Waals surface area contributed by atoms with Gasteiger partial charge >= 0.3 is 0 Å². The average Bonchev–Trinajstić information content (AvgIpc) is 3.15. The molecule has 0 radical (unpaired) electrons. The van der Waals surface area contributed by atoms with Crippen molar-refractivity contribution in [3.8, 4) is 17.0 Å². The fourth-order valence-electron chi connectivity index (χ4n) is 3.43. The lowest BCUT2D eigenvalue weighted by Crippen LogP contribution is -2.30. The second-order valence-electron chi connectivity index (χ2n) is 7.19. The Morgan fingerprint density at radius 1 is 1.35 bits per heavy atom. The summed E-state index contributed by atoms with van der Waals surface area (Å²) in [5.74, 6) is 0.629. The van der Waals surface area contributed by atoms with Gasteiger partial charge in [0.1, 0.15) is 5.75 Å². The number of likely N-dealkylation sites (N-methyl/N-ethyl adjacent to an activating group) is 1. The van der Waals surface area contributed by atoms with E-state index in [0.717, 1.165) is 33.0 Å². The Morgan fingerprint density at radius 3 is 2.97 bits per heavy atom. The van der Waals surface area contributed by atoms with E-state index in [2.05, 4.69) is 4.98 Å². The van der Waals surface area contributed by atoms with Gasteiger partial charge in [-0.05, 0) is 29.8 Å². The molecule has 0 aliphatic carbocycles. The quantitative estimate of drug-likeness (QED) is 0.573. The highest BCUT2D eigenvalue weighted by molar-refractivity contribution is 7.14. The number of amides is 1. The van der Waals surface area contributed by atoms with Crippen molar-refractivity contribution in [3.63, 3.8) is 0 Å². The molecule has 0 saturated carbocycles. The maximum atomic E-state index is 13.0. The SMILES string of the molecule is CN(CCc1ccccn1)C(=O)c1nc2c(s1)CCOc1cc(/C(C=[NH2+])=C/N)ccc1-2. The Balaban J connectivity index is 1.57. The highest BCUT2D eigenvalue weighted by Crippen LogP contribution is 2.39. The predicted molar refractivity (Wildman–Crippen MR) is 122 cm³/mol. The standard InChI is InChI=1S/C23H23N5O2S/c1-28(10-7-17-4-2-3-9-26-17)23(29)22-27-21-18-6-5-15(16(13-24)14-25)12-19(18)30-11-8-20(21)31-22/h2-6,9,12-14,24H,7-8,10-11,25H2,1H3/p+1/b16-14+,24-13?. The topological polar surface area (TPSA) is 107 Å². The van der Waals surface area contributed by atoms with Crippen molar-refractivity contribution in [2.24, 2.45) is 5.73 Å². The number of aromatic nitrogens is 2. The fourth-order valence-corrected chi connectivity index (χ4v) is 4.49. The molecule has 2 aromatic heterocycles. The maximum absolute atomic E-state index is 13.0. The highest BCUT2D eigenvalue weighted by atomic mass is 32.1. The normalized spacial score (nSPS) is 12.9. The van der Waals surface area contributed by atoms with Gasteiger partial charge in [0, 0.05) is 55.0 Å². The number of nitrogens with zero attached hydrogens (tertiary/aromatic N) is 3. The lowest BCUT2D eigenvalue weighted by Gasteiger charge is -2.15. The molecule has 7 nitrogen and oxygen atoms in total. The number of ether oxygens (including phenoxy) is 1. The molecule has 0 unspecified atom stereocenters. The van der Waals surface area contributed by atoms with Crippen molar-refractivity contribution in [2.45, 2.75) is 12.8 Å². The van der Waals surface area contributed by atoms with Crippen LogP contribution in [0.3, 0.4) is 0 Å². The van der Waals surface area contributed by atoms with Crippen molar-refractivity contribution < 1.29 is 14.9 Å². The van der Waals surface area contributed by atoms with Gasteiger partial charge in [0.05, 0.1) is 17.9 Å². The van der Waals surface area contributed by atoms with E-state index in [0.29, 0.717) is 36.8 Å². The molecule has 3 heterocycles. The van der Waals surface area contributed by atoms with Crippen LogP contribution < -0.4 is 15.9 Å². The molecule has 0 spiro atoms. The van der Waals surface area contributed by atoms with Crippen molar-refractivity contribution in [1.29, 1.82) is 0 Å². The van der Waals surface area contributed by atoms with Crippen LogP contribution in [0.1, 0.15) is 25.9 Å². The third kappa shape index (κ3) is 4.34. The van der Waals surface area contributed by atoms with Crippen LogP contribution in [0.4, 0.5) is 0 Å². The van der Waals surface area contributed by atoms with Gasteiger partial charge in [0.15, 0.2) is 11.2 Å². The number of thiazole rings is 1. The van der Waals surface area contributed by atoms with E-state index in [1.54, 1.807) is 18.1 Å². The second kappa shape index (κ2) is 9.09. The van der Waals surface area contributed by atoms with E-state index in [1.807, 2.05) is 36.4 Å². The molecule has 0 atom stereocenters. The van der Waals surface area contributed by atoms with Gasteiger partial charge in [-0.1, -0.05) is 12.1 Å². The zero-order valence-corrected chi connectivity index (χ0v) is 18.1. The minimum Gasteiger partial charge on any atom is -0.492 e. The number of fused-ring (bicyclic) bond motifs is 3. The van der Waals surface area contributed by atoms with Gasteiger partial charge in [0.2, 0.25) is 0 Å². The van der Waals surface area contributed by atoms with E-state index in [-0.39, 0.29) is 5.91 Å². The highest BCUT2D eigenvalue weighted by Gasteiger charge is 2.25. The number of carbonyl (C=O) groups is 1. The number of pyridine rings is 1. The molecule has 0 bridgehead atoms. The number of rotatable bonds is 6. The summed E-state index contributed by atoms with van der Waals surface area (Å²) in [5, 5.41) is 6.14. The average molecular weight is 435 g/mol. The summed E-state index contributed by atoms with van der Waals surface area (Å²) in [6.45, 7) is 1.09. The summed E-state index contributed by atoms with van der Waals surface area (Å²) in [4.78, 5) is 24.8. The summed E-state index contributed by atoms with van der Waals surface area (Å²) >= 11 is 1.43. The summed E-state index contributed by atoms with van der Waals surface area (Å²) in [5.41, 5.74) is 9.88. The first kappa shape index (κ1) is 20.7. The molecular weight excluding hydrogens is 410 g/mol. The largest absolute Gasteiger partial charge is 0.492 e.